The van der Waals surface area contributed by atoms with E-state index in [1.807, 2.05) is 30.3 Å². The lowest BCUT2D eigenvalue weighted by Gasteiger charge is -2.17. The van der Waals surface area contributed by atoms with Crippen molar-refractivity contribution in [2.45, 2.75) is 19.0 Å². The van der Waals surface area contributed by atoms with Gasteiger partial charge in [-0.2, -0.15) is 0 Å². The molecule has 0 radical (unpaired) electrons. The van der Waals surface area contributed by atoms with Crippen LogP contribution in [0.5, 0.6) is 0 Å². The molecule has 0 saturated carbocycles. The first-order chi connectivity index (χ1) is 11.6. The molecular formula is C17H17ClN4O2. The molecule has 1 aromatic carbocycles. The molecule has 2 N–H and O–H groups in total. The molecule has 0 aliphatic carbocycles. The van der Waals surface area contributed by atoms with Gasteiger partial charge in [0.15, 0.2) is 0 Å². The number of hydrogen-bond acceptors (Lipinski definition) is 3. The number of halogens is 1. The first-order valence-corrected chi connectivity index (χ1v) is 7.99. The predicted octanol–water partition coefficient (Wildman–Crippen LogP) is 2.66. The van der Waals surface area contributed by atoms with E-state index < -0.39 is 6.03 Å². The molecule has 1 saturated heterocycles. The summed E-state index contributed by atoms with van der Waals surface area (Å²) in [5.74, 6) is 0.399. The molecule has 3 amide bonds. The number of nitrogens with zero attached hydrogens (tertiary/aromatic N) is 2. The average molecular weight is 345 g/mol. The van der Waals surface area contributed by atoms with Crippen molar-refractivity contribution in [3.8, 4) is 0 Å². The van der Waals surface area contributed by atoms with E-state index in [-0.39, 0.29) is 11.9 Å². The third kappa shape index (κ3) is 4.23. The Morgan fingerprint density at radius 1 is 1.29 bits per heavy atom. The van der Waals surface area contributed by atoms with E-state index in [2.05, 4.69) is 15.6 Å². The SMILES string of the molecule is O=C(Nc1cc(Cl)ccn1)NC1CC(=O)N(Cc2ccccc2)C1. The van der Waals surface area contributed by atoms with E-state index in [0.717, 1.165) is 5.56 Å². The summed E-state index contributed by atoms with van der Waals surface area (Å²) in [6, 6.07) is 12.3. The summed E-state index contributed by atoms with van der Waals surface area (Å²) < 4.78 is 0. The summed E-state index contributed by atoms with van der Waals surface area (Å²) in [5.41, 5.74) is 1.07. The van der Waals surface area contributed by atoms with Crippen LogP contribution < -0.4 is 10.6 Å². The molecule has 1 aromatic heterocycles. The Morgan fingerprint density at radius 3 is 2.83 bits per heavy atom. The molecule has 1 aliphatic rings. The van der Waals surface area contributed by atoms with Crippen molar-refractivity contribution in [2.75, 3.05) is 11.9 Å². The van der Waals surface area contributed by atoms with Crippen LogP contribution in [-0.4, -0.2) is 34.4 Å². The number of hydrogen-bond donors (Lipinski definition) is 2. The van der Waals surface area contributed by atoms with Gasteiger partial charge in [-0.1, -0.05) is 41.9 Å². The Hall–Kier alpha value is -2.60. The second-order valence-corrected chi connectivity index (χ2v) is 6.06. The van der Waals surface area contributed by atoms with Gasteiger partial charge in [0.2, 0.25) is 5.91 Å². The Balaban J connectivity index is 1.53. The maximum Gasteiger partial charge on any atom is 0.320 e. The summed E-state index contributed by atoms with van der Waals surface area (Å²) in [6.45, 7) is 1.04. The molecule has 124 valence electrons. The summed E-state index contributed by atoms with van der Waals surface area (Å²) in [7, 11) is 0. The molecule has 7 heteroatoms. The number of anilines is 1. The number of carbonyl (C=O) groups is 2. The molecule has 0 bridgehead atoms. The standard InChI is InChI=1S/C17H17ClN4O2/c18-13-6-7-19-15(8-13)21-17(24)20-14-9-16(23)22(11-14)10-12-4-2-1-3-5-12/h1-8,14H,9-11H2,(H2,19,20,21,24). The molecule has 1 aliphatic heterocycles. The molecule has 1 unspecified atom stereocenters. The Bertz CT molecular complexity index is 738. The fraction of sp³-hybridized carbons (Fsp3) is 0.235. The number of aromatic nitrogens is 1. The van der Waals surface area contributed by atoms with E-state index in [9.17, 15) is 9.59 Å². The average Bonchev–Trinajstić information content (AvgIpc) is 2.87. The second-order valence-electron chi connectivity index (χ2n) is 5.62. The fourth-order valence-electron chi connectivity index (χ4n) is 2.64. The molecule has 2 heterocycles. The minimum atomic E-state index is -0.399. The van der Waals surface area contributed by atoms with Gasteiger partial charge in [0.25, 0.3) is 0 Å². The number of benzene rings is 1. The Labute approximate surface area is 144 Å². The van der Waals surface area contributed by atoms with Crippen LogP contribution in [0, 0.1) is 0 Å². The number of urea groups is 1. The zero-order valence-corrected chi connectivity index (χ0v) is 13.7. The van der Waals surface area contributed by atoms with Gasteiger partial charge < -0.3 is 10.2 Å². The first-order valence-electron chi connectivity index (χ1n) is 7.61. The number of rotatable bonds is 4. The van der Waals surface area contributed by atoms with Crippen molar-refractivity contribution in [3.63, 3.8) is 0 Å². The van der Waals surface area contributed by atoms with E-state index >= 15 is 0 Å². The van der Waals surface area contributed by atoms with Gasteiger partial charge in [-0.3, -0.25) is 10.1 Å². The highest BCUT2D eigenvalue weighted by Crippen LogP contribution is 2.16. The summed E-state index contributed by atoms with van der Waals surface area (Å²) in [5, 5.41) is 5.90. The van der Waals surface area contributed by atoms with E-state index in [1.165, 1.54) is 6.20 Å². The molecule has 3 rings (SSSR count). The van der Waals surface area contributed by atoms with Gasteiger partial charge in [-0.05, 0) is 17.7 Å². The van der Waals surface area contributed by atoms with Crippen molar-refractivity contribution in [3.05, 3.63) is 59.2 Å². The highest BCUT2D eigenvalue weighted by atomic mass is 35.5. The highest BCUT2D eigenvalue weighted by molar-refractivity contribution is 6.30. The van der Waals surface area contributed by atoms with Crippen LogP contribution in [0.25, 0.3) is 0 Å². The Kier molecular flexibility index (Phi) is 4.96. The van der Waals surface area contributed by atoms with E-state index in [0.29, 0.717) is 30.4 Å². The predicted molar refractivity (Wildman–Crippen MR) is 91.7 cm³/mol. The minimum Gasteiger partial charge on any atom is -0.336 e. The van der Waals surface area contributed by atoms with Crippen LogP contribution in [0.3, 0.4) is 0 Å². The maximum absolute atomic E-state index is 12.1. The van der Waals surface area contributed by atoms with Crippen molar-refractivity contribution < 1.29 is 9.59 Å². The van der Waals surface area contributed by atoms with Crippen molar-refractivity contribution in [1.29, 1.82) is 0 Å². The third-order valence-electron chi connectivity index (χ3n) is 3.73. The number of pyridine rings is 1. The Morgan fingerprint density at radius 2 is 2.08 bits per heavy atom. The second kappa shape index (κ2) is 7.31. The monoisotopic (exact) mass is 344 g/mol. The number of carbonyl (C=O) groups excluding carboxylic acids is 2. The number of likely N-dealkylation sites (tertiary alicyclic amines) is 1. The molecule has 6 nitrogen and oxygen atoms in total. The van der Waals surface area contributed by atoms with Crippen LogP contribution in [0.1, 0.15) is 12.0 Å². The van der Waals surface area contributed by atoms with Crippen LogP contribution in [0.2, 0.25) is 5.02 Å². The van der Waals surface area contributed by atoms with Crippen molar-refractivity contribution in [1.82, 2.24) is 15.2 Å². The van der Waals surface area contributed by atoms with Crippen LogP contribution in [0.15, 0.2) is 48.7 Å². The van der Waals surface area contributed by atoms with Gasteiger partial charge in [0.05, 0.1) is 6.04 Å². The van der Waals surface area contributed by atoms with Crippen LogP contribution in [-0.2, 0) is 11.3 Å². The largest absolute Gasteiger partial charge is 0.336 e. The van der Waals surface area contributed by atoms with Gasteiger partial charge in [0.1, 0.15) is 5.82 Å². The zero-order chi connectivity index (χ0) is 16.9. The summed E-state index contributed by atoms with van der Waals surface area (Å²) >= 11 is 5.85. The summed E-state index contributed by atoms with van der Waals surface area (Å²) in [6.07, 6.45) is 1.81. The molecule has 2 aromatic rings. The van der Waals surface area contributed by atoms with E-state index in [4.69, 9.17) is 11.6 Å². The van der Waals surface area contributed by atoms with Gasteiger partial charge in [0, 0.05) is 30.7 Å². The van der Waals surface area contributed by atoms with Crippen molar-refractivity contribution in [2.24, 2.45) is 0 Å². The highest BCUT2D eigenvalue weighted by Gasteiger charge is 2.30. The van der Waals surface area contributed by atoms with Gasteiger partial charge in [-0.25, -0.2) is 9.78 Å². The third-order valence-corrected chi connectivity index (χ3v) is 3.96. The lowest BCUT2D eigenvalue weighted by molar-refractivity contribution is -0.128. The van der Waals surface area contributed by atoms with Crippen molar-refractivity contribution >= 4 is 29.4 Å². The lowest BCUT2D eigenvalue weighted by Crippen LogP contribution is -2.39. The smallest absolute Gasteiger partial charge is 0.320 e. The maximum atomic E-state index is 12.1. The van der Waals surface area contributed by atoms with Gasteiger partial charge in [-0.15, -0.1) is 0 Å². The fourth-order valence-corrected chi connectivity index (χ4v) is 2.80. The molecule has 0 spiro atoms. The zero-order valence-electron chi connectivity index (χ0n) is 12.9. The van der Waals surface area contributed by atoms with Crippen LogP contribution in [0.4, 0.5) is 10.6 Å². The molecular weight excluding hydrogens is 328 g/mol. The molecule has 1 atom stereocenters. The number of amides is 3. The molecule has 24 heavy (non-hydrogen) atoms. The topological polar surface area (TPSA) is 74.3 Å². The van der Waals surface area contributed by atoms with Crippen LogP contribution >= 0.6 is 11.6 Å². The lowest BCUT2D eigenvalue weighted by atomic mass is 10.2. The quantitative estimate of drug-likeness (QED) is 0.895. The first kappa shape index (κ1) is 16.3. The summed E-state index contributed by atoms with van der Waals surface area (Å²) in [4.78, 5) is 29.9. The minimum absolute atomic E-state index is 0.0324. The number of nitrogens with one attached hydrogen (secondary N) is 2. The normalized spacial score (nSPS) is 17.0. The molecule has 1 fully saturated rings. The van der Waals surface area contributed by atoms with Gasteiger partial charge >= 0.3 is 6.03 Å². The van der Waals surface area contributed by atoms with E-state index in [1.54, 1.807) is 17.0 Å².